The van der Waals surface area contributed by atoms with E-state index in [4.69, 9.17) is 13.1 Å². The van der Waals surface area contributed by atoms with Crippen molar-refractivity contribution >= 4 is 30.7 Å². The molecule has 33 heavy (non-hydrogen) atoms. The Morgan fingerprint density at radius 3 is 2.85 bits per heavy atom. The van der Waals surface area contributed by atoms with Crippen molar-refractivity contribution in [2.45, 2.75) is 6.42 Å². The summed E-state index contributed by atoms with van der Waals surface area (Å²) in [4.78, 5) is 18.8. The third-order valence-electron chi connectivity index (χ3n) is 5.24. The van der Waals surface area contributed by atoms with E-state index < -0.39 is 0 Å². The minimum absolute atomic E-state index is 0.124. The molecular weight excluding hydrogens is 415 g/mol. The molecule has 0 spiro atoms. The molecule has 0 aliphatic carbocycles. The van der Waals surface area contributed by atoms with Gasteiger partial charge >= 0.3 is 0 Å². The third kappa shape index (κ3) is 4.65. The third-order valence-corrected chi connectivity index (χ3v) is 5.24. The fourth-order valence-corrected chi connectivity index (χ4v) is 3.51. The van der Waals surface area contributed by atoms with Gasteiger partial charge in [0.2, 0.25) is 0 Å². The maximum Gasteiger partial charge on any atom is 0.253 e. The van der Waals surface area contributed by atoms with Gasteiger partial charge in [-0.2, -0.15) is 14.9 Å². The highest BCUT2D eigenvalue weighted by Crippen LogP contribution is 2.29. The predicted octanol–water partition coefficient (Wildman–Crippen LogP) is 2.34. The van der Waals surface area contributed by atoms with Crippen LogP contribution < -0.4 is 10.8 Å². The van der Waals surface area contributed by atoms with Crippen molar-refractivity contribution < 1.29 is 9.90 Å². The van der Waals surface area contributed by atoms with E-state index in [1.54, 1.807) is 65.0 Å². The van der Waals surface area contributed by atoms with E-state index in [0.29, 0.717) is 58.8 Å². The average molecular weight is 436 g/mol. The Kier molecular flexibility index (Phi) is 6.27. The Morgan fingerprint density at radius 1 is 1.24 bits per heavy atom. The molecule has 4 rings (SSSR count). The van der Waals surface area contributed by atoms with Gasteiger partial charge in [-0.3, -0.25) is 4.79 Å². The largest absolute Gasteiger partial charge is 0.507 e. The number of amides is 1. The number of hydrogen-bond donors (Lipinski definition) is 2. The summed E-state index contributed by atoms with van der Waals surface area (Å²) in [6, 6.07) is 17.5. The van der Waals surface area contributed by atoms with Crippen LogP contribution in [-0.2, 0) is 0 Å². The highest BCUT2D eigenvalue weighted by atomic mass is 16.3. The zero-order valence-corrected chi connectivity index (χ0v) is 18.1. The number of rotatable bonds is 7. The van der Waals surface area contributed by atoms with Gasteiger partial charge in [-0.15, -0.1) is 0 Å². The fraction of sp³-hybridized carbons (Fsp3) is 0.167. The first-order valence-electron chi connectivity index (χ1n) is 10.4. The van der Waals surface area contributed by atoms with Crippen LogP contribution in [-0.4, -0.2) is 58.5 Å². The van der Waals surface area contributed by atoms with Gasteiger partial charge in [-0.25, -0.2) is 4.98 Å². The Hall–Kier alpha value is -4.32. The van der Waals surface area contributed by atoms with E-state index in [1.165, 1.54) is 6.20 Å². The summed E-state index contributed by atoms with van der Waals surface area (Å²) in [6.07, 6.45) is 2.20. The lowest BCUT2D eigenvalue weighted by Gasteiger charge is -2.18. The number of nitriles is 1. The monoisotopic (exact) mass is 436 g/mol. The van der Waals surface area contributed by atoms with Crippen molar-refractivity contribution in [2.24, 2.45) is 0 Å². The predicted molar refractivity (Wildman–Crippen MR) is 127 cm³/mol. The Balaban J connectivity index is 1.45. The van der Waals surface area contributed by atoms with Crippen molar-refractivity contribution in [3.8, 4) is 23.1 Å². The first-order chi connectivity index (χ1) is 16.0. The minimum atomic E-state index is -0.139. The van der Waals surface area contributed by atoms with Gasteiger partial charge in [0.25, 0.3) is 5.91 Å². The van der Waals surface area contributed by atoms with E-state index in [1.807, 2.05) is 12.1 Å². The van der Waals surface area contributed by atoms with Gasteiger partial charge in [0.05, 0.1) is 17.3 Å². The second-order valence-electron chi connectivity index (χ2n) is 7.58. The minimum Gasteiger partial charge on any atom is -0.507 e. The summed E-state index contributed by atoms with van der Waals surface area (Å²) < 4.78 is 1.61. The molecule has 2 N–H and O–H groups in total. The number of carbonyl (C=O) groups is 1. The Morgan fingerprint density at radius 2 is 2.06 bits per heavy atom. The number of para-hydroxylation sites is 1. The maximum atomic E-state index is 12.6. The molecule has 2 aromatic carbocycles. The number of phenols is 1. The number of aromatic hydroxyl groups is 1. The van der Waals surface area contributed by atoms with Crippen LogP contribution in [0.3, 0.4) is 0 Å². The van der Waals surface area contributed by atoms with Crippen LogP contribution in [0.1, 0.15) is 22.3 Å². The van der Waals surface area contributed by atoms with Crippen molar-refractivity contribution in [3.63, 3.8) is 0 Å². The topological polar surface area (TPSA) is 107 Å². The summed E-state index contributed by atoms with van der Waals surface area (Å²) >= 11 is 0. The first kappa shape index (κ1) is 21.9. The van der Waals surface area contributed by atoms with E-state index in [2.05, 4.69) is 15.4 Å². The number of fused-ring (bicyclic) bond motifs is 1. The zero-order chi connectivity index (χ0) is 23.4. The molecule has 1 amide bonds. The lowest BCUT2D eigenvalue weighted by Crippen LogP contribution is -2.29. The van der Waals surface area contributed by atoms with Gasteiger partial charge < -0.3 is 15.3 Å². The molecule has 2 radical (unpaired) electrons. The van der Waals surface area contributed by atoms with Crippen LogP contribution in [0.2, 0.25) is 0 Å². The van der Waals surface area contributed by atoms with Crippen molar-refractivity contribution in [3.05, 3.63) is 71.9 Å². The molecule has 0 aliphatic rings. The molecule has 0 unspecified atom stereocenters. The molecule has 2 aromatic heterocycles. The highest BCUT2D eigenvalue weighted by Gasteiger charge is 2.14. The number of carbonyl (C=O) groups excluding carboxylic acids is 1. The quantitative estimate of drug-likeness (QED) is 0.340. The van der Waals surface area contributed by atoms with Crippen LogP contribution >= 0.6 is 0 Å². The number of hydrogen-bond acceptors (Lipinski definition) is 6. The van der Waals surface area contributed by atoms with Gasteiger partial charge in [-0.1, -0.05) is 18.2 Å². The molecule has 0 fully saturated rings. The lowest BCUT2D eigenvalue weighted by molar-refractivity contribution is 0.0794. The van der Waals surface area contributed by atoms with Crippen LogP contribution in [0.25, 0.3) is 16.9 Å². The van der Waals surface area contributed by atoms with Crippen LogP contribution in [0.5, 0.6) is 5.75 Å². The first-order valence-corrected chi connectivity index (χ1v) is 10.4. The molecule has 9 heteroatoms. The maximum absolute atomic E-state index is 12.6. The summed E-state index contributed by atoms with van der Waals surface area (Å²) in [5.74, 6) is 0.657. The zero-order valence-electron chi connectivity index (χ0n) is 18.1. The smallest absolute Gasteiger partial charge is 0.253 e. The second-order valence-corrected chi connectivity index (χ2v) is 7.58. The van der Waals surface area contributed by atoms with Crippen LogP contribution in [0, 0.1) is 11.3 Å². The molecular formula is C24H21BN6O2. The van der Waals surface area contributed by atoms with Crippen molar-refractivity contribution in [2.75, 3.05) is 25.5 Å². The number of nitrogens with zero attached hydrogens (tertiary/aromatic N) is 5. The van der Waals surface area contributed by atoms with Crippen molar-refractivity contribution in [1.29, 1.82) is 5.26 Å². The summed E-state index contributed by atoms with van der Waals surface area (Å²) in [6.45, 7) is 1.08. The van der Waals surface area contributed by atoms with E-state index >= 15 is 0 Å². The molecule has 0 saturated carbocycles. The number of aromatic nitrogens is 3. The standard InChI is InChI=1S/C24H21BN6O2/c1-30(24(33)17-7-4-6-16(12-17)14-26)11-5-10-27-22-13-20(18-8-2-3-9-21(18)32)29-23-19(25)15-28-31(22)23/h2-4,6-9,12-13,15,27,32H,5,10-11H2,1H3. The van der Waals surface area contributed by atoms with Crippen LogP contribution in [0.4, 0.5) is 5.82 Å². The van der Waals surface area contributed by atoms with Crippen molar-refractivity contribution in [1.82, 2.24) is 19.5 Å². The van der Waals surface area contributed by atoms with Gasteiger partial charge in [0.1, 0.15) is 19.4 Å². The molecule has 2 heterocycles. The summed E-state index contributed by atoms with van der Waals surface area (Å²) in [7, 11) is 7.77. The molecule has 4 aromatic rings. The van der Waals surface area contributed by atoms with Gasteiger partial charge in [-0.05, 0) is 42.2 Å². The molecule has 0 saturated heterocycles. The van der Waals surface area contributed by atoms with Crippen LogP contribution in [0.15, 0.2) is 60.8 Å². The molecule has 162 valence electrons. The fourth-order valence-electron chi connectivity index (χ4n) is 3.51. The Bertz CT molecular complexity index is 1360. The Labute approximate surface area is 192 Å². The number of phenolic OH excluding ortho intramolecular Hbond substituents is 1. The van der Waals surface area contributed by atoms with Gasteiger partial charge in [0.15, 0.2) is 5.65 Å². The number of benzene rings is 2. The number of nitrogens with one attached hydrogen (secondary N) is 1. The summed E-state index contributed by atoms with van der Waals surface area (Å²) in [5.41, 5.74) is 3.02. The van der Waals surface area contributed by atoms with E-state index in [-0.39, 0.29) is 11.7 Å². The molecule has 0 aliphatic heterocycles. The SMILES string of the molecule is [B]c1cnn2c(NCCCN(C)C(=O)c3cccc(C#N)c3)cc(-c3ccccc3O)nc12. The van der Waals surface area contributed by atoms with E-state index in [0.717, 1.165) is 0 Å². The van der Waals surface area contributed by atoms with E-state index in [9.17, 15) is 9.90 Å². The average Bonchev–Trinajstić information content (AvgIpc) is 3.22. The van der Waals surface area contributed by atoms with Gasteiger partial charge in [0, 0.05) is 43.5 Å². The molecule has 0 atom stereocenters. The lowest BCUT2D eigenvalue weighted by atomic mass is 10.0. The highest BCUT2D eigenvalue weighted by molar-refractivity contribution is 6.36. The second kappa shape index (κ2) is 9.45. The molecule has 0 bridgehead atoms. The summed E-state index contributed by atoms with van der Waals surface area (Å²) in [5, 5.41) is 26.9. The molecule has 8 nitrogen and oxygen atoms in total. The number of anilines is 1. The normalized spacial score (nSPS) is 10.7.